The third-order valence-corrected chi connectivity index (χ3v) is 3.32. The molecule has 0 spiro atoms. The second-order valence-corrected chi connectivity index (χ2v) is 4.85. The molecule has 3 heteroatoms. The maximum Gasteiger partial charge on any atom is 0.0636 e. The van der Waals surface area contributed by atoms with Crippen LogP contribution in [0.2, 0.25) is 0 Å². The van der Waals surface area contributed by atoms with Gasteiger partial charge in [-0.25, -0.2) is 0 Å². The van der Waals surface area contributed by atoms with E-state index in [0.717, 1.165) is 25.9 Å². The molecule has 1 fully saturated rings. The molecule has 1 saturated heterocycles. The summed E-state index contributed by atoms with van der Waals surface area (Å²) in [6, 6.07) is 11.1. The Kier molecular flexibility index (Phi) is 4.40. The molecule has 0 saturated carbocycles. The van der Waals surface area contributed by atoms with Crippen molar-refractivity contribution in [1.29, 1.82) is 0 Å². The Balaban J connectivity index is 1.78. The number of piperidine rings is 1. The average molecular weight is 234 g/mol. The van der Waals surface area contributed by atoms with Gasteiger partial charge < -0.3 is 15.3 Å². The van der Waals surface area contributed by atoms with E-state index >= 15 is 0 Å². The second kappa shape index (κ2) is 6.03. The summed E-state index contributed by atoms with van der Waals surface area (Å²) >= 11 is 0. The minimum atomic E-state index is -0.248. The molecular weight excluding hydrogens is 212 g/mol. The maximum atomic E-state index is 9.24. The van der Waals surface area contributed by atoms with E-state index in [2.05, 4.69) is 40.5 Å². The van der Waals surface area contributed by atoms with Crippen molar-refractivity contribution >= 4 is 5.69 Å². The van der Waals surface area contributed by atoms with Crippen LogP contribution in [0, 0.1) is 0 Å². The summed E-state index contributed by atoms with van der Waals surface area (Å²) < 4.78 is 0. The van der Waals surface area contributed by atoms with E-state index in [9.17, 15) is 5.11 Å². The van der Waals surface area contributed by atoms with E-state index in [1.54, 1.807) is 0 Å². The van der Waals surface area contributed by atoms with Crippen LogP contribution in [-0.4, -0.2) is 36.9 Å². The Labute approximate surface area is 103 Å². The zero-order chi connectivity index (χ0) is 12.1. The quantitative estimate of drug-likeness (QED) is 0.831. The fraction of sp³-hybridized carbons (Fsp3) is 0.571. The van der Waals surface area contributed by atoms with Gasteiger partial charge in [0.15, 0.2) is 0 Å². The normalized spacial score (nSPS) is 19.3. The number of hydrogen-bond donors (Lipinski definition) is 2. The van der Waals surface area contributed by atoms with Crippen LogP contribution in [-0.2, 0) is 0 Å². The Morgan fingerprint density at radius 2 is 1.94 bits per heavy atom. The zero-order valence-corrected chi connectivity index (χ0v) is 10.5. The summed E-state index contributed by atoms with van der Waals surface area (Å²) in [7, 11) is 0. The molecule has 1 atom stereocenters. The van der Waals surface area contributed by atoms with E-state index in [4.69, 9.17) is 0 Å². The van der Waals surface area contributed by atoms with Gasteiger partial charge >= 0.3 is 0 Å². The summed E-state index contributed by atoms with van der Waals surface area (Å²) in [5.41, 5.74) is 1.32. The van der Waals surface area contributed by atoms with Crippen molar-refractivity contribution in [3.63, 3.8) is 0 Å². The van der Waals surface area contributed by atoms with E-state index < -0.39 is 0 Å². The first-order valence-corrected chi connectivity index (χ1v) is 6.47. The zero-order valence-electron chi connectivity index (χ0n) is 10.5. The molecule has 0 bridgehead atoms. The SMILES string of the molecule is CC(O)CNC1CCN(c2ccccc2)CC1. The molecule has 3 nitrogen and oxygen atoms in total. The summed E-state index contributed by atoms with van der Waals surface area (Å²) in [6.45, 7) is 4.73. The van der Waals surface area contributed by atoms with E-state index in [1.807, 2.05) is 6.92 Å². The lowest BCUT2D eigenvalue weighted by atomic mass is 10.0. The van der Waals surface area contributed by atoms with Crippen LogP contribution >= 0.6 is 0 Å². The van der Waals surface area contributed by atoms with Gasteiger partial charge in [-0.1, -0.05) is 18.2 Å². The molecule has 0 amide bonds. The Morgan fingerprint density at radius 3 is 2.53 bits per heavy atom. The highest BCUT2D eigenvalue weighted by atomic mass is 16.3. The number of para-hydroxylation sites is 1. The molecule has 17 heavy (non-hydrogen) atoms. The largest absolute Gasteiger partial charge is 0.392 e. The molecular formula is C14H22N2O. The van der Waals surface area contributed by atoms with Crippen LogP contribution in [0.15, 0.2) is 30.3 Å². The van der Waals surface area contributed by atoms with Crippen molar-refractivity contribution in [2.24, 2.45) is 0 Å². The number of benzene rings is 1. The van der Waals surface area contributed by atoms with Crippen LogP contribution in [0.1, 0.15) is 19.8 Å². The average Bonchev–Trinajstić information content (AvgIpc) is 2.38. The molecule has 1 aromatic carbocycles. The number of nitrogens with zero attached hydrogens (tertiary/aromatic N) is 1. The Bertz CT molecular complexity index is 318. The van der Waals surface area contributed by atoms with Crippen molar-refractivity contribution in [2.45, 2.75) is 31.9 Å². The lowest BCUT2D eigenvalue weighted by Crippen LogP contribution is -2.44. The van der Waals surface area contributed by atoms with Gasteiger partial charge in [-0.3, -0.25) is 0 Å². The first-order chi connectivity index (χ1) is 8.25. The number of hydrogen-bond acceptors (Lipinski definition) is 3. The van der Waals surface area contributed by atoms with Crippen LogP contribution in [0.3, 0.4) is 0 Å². The minimum absolute atomic E-state index is 0.248. The molecule has 0 aromatic heterocycles. The molecule has 1 aliphatic heterocycles. The van der Waals surface area contributed by atoms with E-state index in [0.29, 0.717) is 12.6 Å². The fourth-order valence-electron chi connectivity index (χ4n) is 2.32. The third kappa shape index (κ3) is 3.72. The number of rotatable bonds is 4. The van der Waals surface area contributed by atoms with Gasteiger partial charge in [0.25, 0.3) is 0 Å². The van der Waals surface area contributed by atoms with Crippen molar-refractivity contribution in [1.82, 2.24) is 5.32 Å². The van der Waals surface area contributed by atoms with Crippen molar-refractivity contribution in [3.8, 4) is 0 Å². The summed E-state index contributed by atoms with van der Waals surface area (Å²) in [6.07, 6.45) is 2.06. The van der Waals surface area contributed by atoms with E-state index in [-0.39, 0.29) is 6.10 Å². The lowest BCUT2D eigenvalue weighted by Gasteiger charge is -2.34. The maximum absolute atomic E-state index is 9.24. The molecule has 0 aliphatic carbocycles. The predicted octanol–water partition coefficient (Wildman–Crippen LogP) is 1.63. The van der Waals surface area contributed by atoms with Gasteiger partial charge in [0.2, 0.25) is 0 Å². The van der Waals surface area contributed by atoms with Gasteiger partial charge in [0, 0.05) is 31.4 Å². The molecule has 1 unspecified atom stereocenters. The summed E-state index contributed by atoms with van der Waals surface area (Å²) in [4.78, 5) is 2.43. The molecule has 94 valence electrons. The Morgan fingerprint density at radius 1 is 1.29 bits per heavy atom. The smallest absolute Gasteiger partial charge is 0.0636 e. The standard InChI is InChI=1S/C14H22N2O/c1-12(17)11-15-13-7-9-16(10-8-13)14-5-3-2-4-6-14/h2-6,12-13,15,17H,7-11H2,1H3. The summed E-state index contributed by atoms with van der Waals surface area (Å²) in [5.74, 6) is 0. The van der Waals surface area contributed by atoms with Gasteiger partial charge in [-0.15, -0.1) is 0 Å². The predicted molar refractivity (Wildman–Crippen MR) is 71.4 cm³/mol. The fourth-order valence-corrected chi connectivity index (χ4v) is 2.32. The van der Waals surface area contributed by atoms with Crippen molar-refractivity contribution < 1.29 is 5.11 Å². The van der Waals surface area contributed by atoms with Gasteiger partial charge in [0.1, 0.15) is 0 Å². The number of nitrogens with one attached hydrogen (secondary N) is 1. The summed E-state index contributed by atoms with van der Waals surface area (Å²) in [5, 5.41) is 12.7. The van der Waals surface area contributed by atoms with Crippen LogP contribution in [0.25, 0.3) is 0 Å². The van der Waals surface area contributed by atoms with Crippen LogP contribution in [0.4, 0.5) is 5.69 Å². The van der Waals surface area contributed by atoms with Gasteiger partial charge in [-0.05, 0) is 31.9 Å². The lowest BCUT2D eigenvalue weighted by molar-refractivity contribution is 0.183. The van der Waals surface area contributed by atoms with Crippen molar-refractivity contribution in [3.05, 3.63) is 30.3 Å². The number of aliphatic hydroxyl groups excluding tert-OH is 1. The molecule has 0 radical (unpaired) electrons. The first-order valence-electron chi connectivity index (χ1n) is 6.47. The highest BCUT2D eigenvalue weighted by molar-refractivity contribution is 5.46. The first kappa shape index (κ1) is 12.4. The molecule has 1 heterocycles. The second-order valence-electron chi connectivity index (χ2n) is 4.85. The minimum Gasteiger partial charge on any atom is -0.392 e. The highest BCUT2D eigenvalue weighted by Crippen LogP contribution is 2.19. The topological polar surface area (TPSA) is 35.5 Å². The molecule has 1 aromatic rings. The molecule has 2 N–H and O–H groups in total. The van der Waals surface area contributed by atoms with Crippen LogP contribution in [0.5, 0.6) is 0 Å². The van der Waals surface area contributed by atoms with Crippen LogP contribution < -0.4 is 10.2 Å². The molecule has 2 rings (SSSR count). The van der Waals surface area contributed by atoms with Gasteiger partial charge in [-0.2, -0.15) is 0 Å². The number of aliphatic hydroxyl groups is 1. The highest BCUT2D eigenvalue weighted by Gasteiger charge is 2.18. The van der Waals surface area contributed by atoms with Gasteiger partial charge in [0.05, 0.1) is 6.10 Å². The van der Waals surface area contributed by atoms with E-state index in [1.165, 1.54) is 5.69 Å². The molecule has 1 aliphatic rings. The van der Waals surface area contributed by atoms with Crippen molar-refractivity contribution in [2.75, 3.05) is 24.5 Å². The number of anilines is 1. The third-order valence-electron chi connectivity index (χ3n) is 3.32. The monoisotopic (exact) mass is 234 g/mol. The Hall–Kier alpha value is -1.06.